The summed E-state index contributed by atoms with van der Waals surface area (Å²) >= 11 is 0. The van der Waals surface area contributed by atoms with Crippen LogP contribution in [-0.2, 0) is 4.79 Å². The van der Waals surface area contributed by atoms with Crippen LogP contribution in [0.2, 0.25) is 0 Å². The van der Waals surface area contributed by atoms with Crippen molar-refractivity contribution in [3.63, 3.8) is 0 Å². The van der Waals surface area contributed by atoms with Crippen molar-refractivity contribution in [2.24, 2.45) is 11.7 Å². The minimum atomic E-state index is -0.676. The Kier molecular flexibility index (Phi) is 4.87. The van der Waals surface area contributed by atoms with E-state index in [-0.39, 0.29) is 11.8 Å². The van der Waals surface area contributed by atoms with Crippen molar-refractivity contribution in [2.45, 2.75) is 26.8 Å². The van der Waals surface area contributed by atoms with Crippen LogP contribution in [0.4, 0.5) is 4.79 Å². The third-order valence-corrected chi connectivity index (χ3v) is 1.60. The summed E-state index contributed by atoms with van der Waals surface area (Å²) in [5.74, 6) is -0.171. The van der Waals surface area contributed by atoms with Crippen molar-refractivity contribution in [1.29, 1.82) is 0 Å². The van der Waals surface area contributed by atoms with E-state index in [0.29, 0.717) is 6.54 Å². The van der Waals surface area contributed by atoms with E-state index in [0.717, 1.165) is 0 Å². The van der Waals surface area contributed by atoms with E-state index in [1.807, 2.05) is 20.8 Å². The van der Waals surface area contributed by atoms with Gasteiger partial charge >= 0.3 is 6.03 Å². The monoisotopic (exact) mass is 187 g/mol. The number of likely N-dealkylation sites (N-methyl/N-ethyl adjacent to an activating group) is 1. The van der Waals surface area contributed by atoms with Crippen molar-refractivity contribution in [2.75, 3.05) is 6.54 Å². The van der Waals surface area contributed by atoms with E-state index in [9.17, 15) is 9.59 Å². The molecule has 0 aliphatic carbocycles. The van der Waals surface area contributed by atoms with Crippen LogP contribution in [0.5, 0.6) is 0 Å². The first-order valence-corrected chi connectivity index (χ1v) is 4.32. The van der Waals surface area contributed by atoms with Crippen molar-refractivity contribution in [3.8, 4) is 0 Å². The van der Waals surface area contributed by atoms with Crippen LogP contribution in [0, 0.1) is 5.92 Å². The lowest BCUT2D eigenvalue weighted by Gasteiger charge is -2.19. The molecule has 0 aliphatic heterocycles. The second-order valence-corrected chi connectivity index (χ2v) is 3.12. The molecule has 0 heterocycles. The molecular weight excluding hydrogens is 170 g/mol. The number of carbonyl (C=O) groups excluding carboxylic acids is 2. The average molecular weight is 187 g/mol. The summed E-state index contributed by atoms with van der Waals surface area (Å²) in [5, 5.41) is 5.01. The van der Waals surface area contributed by atoms with Gasteiger partial charge in [0.2, 0.25) is 5.91 Å². The summed E-state index contributed by atoms with van der Waals surface area (Å²) in [5.41, 5.74) is 4.94. The maximum absolute atomic E-state index is 11.3. The number of rotatable bonds is 4. The van der Waals surface area contributed by atoms with E-state index >= 15 is 0 Å². The number of hydrogen-bond acceptors (Lipinski definition) is 2. The molecule has 5 nitrogen and oxygen atoms in total. The molecular formula is C8H17N3O2. The minimum absolute atomic E-state index is 0.0269. The molecule has 5 heteroatoms. The fourth-order valence-corrected chi connectivity index (χ4v) is 0.972. The van der Waals surface area contributed by atoms with Gasteiger partial charge in [0.25, 0.3) is 0 Å². The van der Waals surface area contributed by atoms with Crippen LogP contribution in [0.15, 0.2) is 0 Å². The highest BCUT2D eigenvalue weighted by Crippen LogP contribution is 2.00. The Bertz CT molecular complexity index is 192. The van der Waals surface area contributed by atoms with Crippen LogP contribution in [0.25, 0.3) is 0 Å². The second-order valence-electron chi connectivity index (χ2n) is 3.12. The van der Waals surface area contributed by atoms with E-state index in [2.05, 4.69) is 10.6 Å². The first kappa shape index (κ1) is 11.7. The van der Waals surface area contributed by atoms with Crippen LogP contribution in [0.3, 0.4) is 0 Å². The summed E-state index contributed by atoms with van der Waals surface area (Å²) < 4.78 is 0. The molecule has 0 aromatic carbocycles. The SMILES string of the molecule is CCNC(=O)C(NC(N)=O)C(C)C. The van der Waals surface area contributed by atoms with Crippen molar-refractivity contribution < 1.29 is 9.59 Å². The van der Waals surface area contributed by atoms with Gasteiger partial charge in [-0.15, -0.1) is 0 Å². The van der Waals surface area contributed by atoms with Crippen LogP contribution >= 0.6 is 0 Å². The lowest BCUT2D eigenvalue weighted by molar-refractivity contribution is -0.123. The Morgan fingerprint density at radius 3 is 2.23 bits per heavy atom. The molecule has 0 spiro atoms. The van der Waals surface area contributed by atoms with Gasteiger partial charge in [-0.3, -0.25) is 4.79 Å². The van der Waals surface area contributed by atoms with E-state index in [4.69, 9.17) is 5.73 Å². The highest BCUT2D eigenvalue weighted by atomic mass is 16.2. The molecule has 13 heavy (non-hydrogen) atoms. The number of carbonyl (C=O) groups is 2. The van der Waals surface area contributed by atoms with Crippen LogP contribution in [0.1, 0.15) is 20.8 Å². The van der Waals surface area contributed by atoms with Gasteiger partial charge in [0, 0.05) is 6.54 Å². The highest BCUT2D eigenvalue weighted by Gasteiger charge is 2.22. The normalized spacial score (nSPS) is 12.3. The molecule has 0 aliphatic rings. The van der Waals surface area contributed by atoms with Gasteiger partial charge in [0.05, 0.1) is 0 Å². The molecule has 1 unspecified atom stereocenters. The summed E-state index contributed by atoms with van der Waals surface area (Å²) in [7, 11) is 0. The summed E-state index contributed by atoms with van der Waals surface area (Å²) in [4.78, 5) is 21.9. The molecule has 0 aromatic rings. The molecule has 4 N–H and O–H groups in total. The van der Waals surface area contributed by atoms with E-state index < -0.39 is 12.1 Å². The fraction of sp³-hybridized carbons (Fsp3) is 0.750. The summed E-state index contributed by atoms with van der Waals surface area (Å²) in [6.45, 7) is 6.05. The molecule has 1 atom stereocenters. The molecule has 76 valence electrons. The molecule has 0 radical (unpaired) electrons. The molecule has 0 rings (SSSR count). The zero-order chi connectivity index (χ0) is 10.4. The molecule has 0 bridgehead atoms. The Morgan fingerprint density at radius 1 is 1.38 bits per heavy atom. The van der Waals surface area contributed by atoms with Crippen LogP contribution < -0.4 is 16.4 Å². The second kappa shape index (κ2) is 5.40. The fourth-order valence-electron chi connectivity index (χ4n) is 0.972. The summed E-state index contributed by atoms with van der Waals surface area (Å²) in [6.07, 6.45) is 0. The van der Waals surface area contributed by atoms with Crippen molar-refractivity contribution >= 4 is 11.9 Å². The lowest BCUT2D eigenvalue weighted by Crippen LogP contribution is -2.51. The van der Waals surface area contributed by atoms with Gasteiger partial charge in [-0.1, -0.05) is 13.8 Å². The highest BCUT2D eigenvalue weighted by molar-refractivity contribution is 5.86. The molecule has 0 aromatic heterocycles. The maximum atomic E-state index is 11.3. The number of hydrogen-bond donors (Lipinski definition) is 3. The number of nitrogens with one attached hydrogen (secondary N) is 2. The molecule has 0 fully saturated rings. The third-order valence-electron chi connectivity index (χ3n) is 1.60. The van der Waals surface area contributed by atoms with Crippen molar-refractivity contribution in [1.82, 2.24) is 10.6 Å². The Hall–Kier alpha value is -1.26. The molecule has 0 saturated carbocycles. The van der Waals surface area contributed by atoms with Crippen LogP contribution in [-0.4, -0.2) is 24.5 Å². The standard InChI is InChI=1S/C8H17N3O2/c1-4-10-7(12)6(5(2)3)11-8(9)13/h5-6H,4H2,1-3H3,(H,10,12)(H3,9,11,13). The number of urea groups is 1. The Balaban J connectivity index is 4.24. The molecule has 3 amide bonds. The first-order chi connectivity index (χ1) is 5.99. The predicted octanol–water partition coefficient (Wildman–Crippen LogP) is -0.185. The van der Waals surface area contributed by atoms with Gasteiger partial charge in [0.15, 0.2) is 0 Å². The maximum Gasteiger partial charge on any atom is 0.312 e. The quantitative estimate of drug-likeness (QED) is 0.570. The Morgan fingerprint density at radius 2 is 1.92 bits per heavy atom. The lowest BCUT2D eigenvalue weighted by atomic mass is 10.0. The van der Waals surface area contributed by atoms with E-state index in [1.165, 1.54) is 0 Å². The largest absolute Gasteiger partial charge is 0.355 e. The number of amides is 3. The van der Waals surface area contributed by atoms with Gasteiger partial charge in [0.1, 0.15) is 6.04 Å². The van der Waals surface area contributed by atoms with Gasteiger partial charge < -0.3 is 16.4 Å². The third kappa shape index (κ3) is 4.35. The predicted molar refractivity (Wildman–Crippen MR) is 50.0 cm³/mol. The average Bonchev–Trinajstić information content (AvgIpc) is 1.99. The number of nitrogens with two attached hydrogens (primary N) is 1. The van der Waals surface area contributed by atoms with Crippen molar-refractivity contribution in [3.05, 3.63) is 0 Å². The zero-order valence-electron chi connectivity index (χ0n) is 8.26. The van der Waals surface area contributed by atoms with E-state index in [1.54, 1.807) is 0 Å². The first-order valence-electron chi connectivity index (χ1n) is 4.32. The van der Waals surface area contributed by atoms with Gasteiger partial charge in [-0.2, -0.15) is 0 Å². The smallest absolute Gasteiger partial charge is 0.312 e. The Labute approximate surface area is 78.1 Å². The molecule has 0 saturated heterocycles. The number of primary amides is 1. The minimum Gasteiger partial charge on any atom is -0.355 e. The topological polar surface area (TPSA) is 84.2 Å². The zero-order valence-corrected chi connectivity index (χ0v) is 8.26. The van der Waals surface area contributed by atoms with Gasteiger partial charge in [-0.25, -0.2) is 4.79 Å². The summed E-state index contributed by atoms with van der Waals surface area (Å²) in [6, 6.07) is -1.22. The van der Waals surface area contributed by atoms with Gasteiger partial charge in [-0.05, 0) is 12.8 Å².